The smallest absolute Gasteiger partial charge is 0.246 e. The minimum absolute atomic E-state index is 0.346. The van der Waals surface area contributed by atoms with E-state index in [2.05, 4.69) is 5.32 Å². The van der Waals surface area contributed by atoms with Crippen molar-refractivity contribution in [1.29, 1.82) is 0 Å². The second-order valence-electron chi connectivity index (χ2n) is 5.53. The molecule has 1 heterocycles. The van der Waals surface area contributed by atoms with E-state index in [0.29, 0.717) is 35.4 Å². The minimum atomic E-state index is -3.47. The molecule has 6 heteroatoms. The Labute approximate surface area is 121 Å². The lowest BCUT2D eigenvalue weighted by atomic mass is 10.2. The van der Waals surface area contributed by atoms with Crippen molar-refractivity contribution >= 4 is 10.0 Å². The Morgan fingerprint density at radius 1 is 1.30 bits per heavy atom. The Balaban J connectivity index is 2.33. The van der Waals surface area contributed by atoms with E-state index in [9.17, 15) is 8.42 Å². The van der Waals surface area contributed by atoms with E-state index >= 15 is 0 Å². The molecular weight excluding hydrogens is 276 g/mol. The third kappa shape index (κ3) is 3.07. The summed E-state index contributed by atoms with van der Waals surface area (Å²) in [5, 5.41) is 3.18. The number of nitrogens with one attached hydrogen (secondary N) is 1. The zero-order valence-corrected chi connectivity index (χ0v) is 13.5. The van der Waals surface area contributed by atoms with Crippen LogP contribution in [0.5, 0.6) is 0 Å². The van der Waals surface area contributed by atoms with Crippen LogP contribution in [-0.2, 0) is 16.6 Å². The molecule has 0 atom stereocenters. The lowest BCUT2D eigenvalue weighted by Gasteiger charge is -2.17. The van der Waals surface area contributed by atoms with Gasteiger partial charge < -0.3 is 9.73 Å². The largest absolute Gasteiger partial charge is 0.465 e. The predicted molar refractivity (Wildman–Crippen MR) is 78.1 cm³/mol. The van der Waals surface area contributed by atoms with Crippen molar-refractivity contribution < 1.29 is 12.8 Å². The van der Waals surface area contributed by atoms with Crippen LogP contribution >= 0.6 is 0 Å². The Hall–Kier alpha value is -0.850. The minimum Gasteiger partial charge on any atom is -0.465 e. The molecule has 1 aliphatic rings. The molecule has 2 rings (SSSR count). The number of nitrogens with zero attached hydrogens (tertiary/aromatic N) is 1. The summed E-state index contributed by atoms with van der Waals surface area (Å²) in [7, 11) is -1.81. The molecule has 0 unspecified atom stereocenters. The summed E-state index contributed by atoms with van der Waals surface area (Å²) in [5.74, 6) is 1.69. The summed E-state index contributed by atoms with van der Waals surface area (Å²) < 4.78 is 32.5. The molecule has 1 aromatic rings. The van der Waals surface area contributed by atoms with Crippen molar-refractivity contribution in [3.63, 3.8) is 0 Å². The molecule has 0 bridgehead atoms. The van der Waals surface area contributed by atoms with Crippen LogP contribution < -0.4 is 5.32 Å². The molecule has 1 aliphatic carbocycles. The molecule has 1 N–H and O–H groups in total. The van der Waals surface area contributed by atoms with Crippen molar-refractivity contribution in [2.24, 2.45) is 5.92 Å². The number of hydrogen-bond acceptors (Lipinski definition) is 4. The van der Waals surface area contributed by atoms with Gasteiger partial charge in [-0.3, -0.25) is 0 Å². The zero-order valence-electron chi connectivity index (χ0n) is 12.7. The number of furan rings is 1. The fraction of sp³-hybridized carbons (Fsp3) is 0.714. The fourth-order valence-corrected chi connectivity index (χ4v) is 4.07. The van der Waals surface area contributed by atoms with E-state index in [1.54, 1.807) is 14.0 Å². The van der Waals surface area contributed by atoms with E-state index in [-0.39, 0.29) is 0 Å². The van der Waals surface area contributed by atoms with Crippen molar-refractivity contribution in [1.82, 2.24) is 9.62 Å². The highest BCUT2D eigenvalue weighted by atomic mass is 32.2. The van der Waals surface area contributed by atoms with Gasteiger partial charge in [-0.25, -0.2) is 12.7 Å². The SMILES string of the molecule is CCNCc1c(C)oc(C)c1S(=O)(=O)N(C)CC1CC1. The van der Waals surface area contributed by atoms with Crippen molar-refractivity contribution in [2.75, 3.05) is 20.1 Å². The molecule has 0 spiro atoms. The van der Waals surface area contributed by atoms with Gasteiger partial charge in [0.2, 0.25) is 10.0 Å². The third-order valence-electron chi connectivity index (χ3n) is 3.76. The van der Waals surface area contributed by atoms with Gasteiger partial charge in [-0.05, 0) is 39.2 Å². The maximum absolute atomic E-state index is 12.8. The Bertz CT molecular complexity index is 573. The Morgan fingerprint density at radius 2 is 1.95 bits per heavy atom. The van der Waals surface area contributed by atoms with Gasteiger partial charge in [0, 0.05) is 25.7 Å². The van der Waals surface area contributed by atoms with Gasteiger partial charge in [0.1, 0.15) is 16.4 Å². The molecule has 0 aromatic carbocycles. The highest BCUT2D eigenvalue weighted by Gasteiger charge is 2.33. The molecule has 0 aliphatic heterocycles. The van der Waals surface area contributed by atoms with Crippen molar-refractivity contribution in [3.05, 3.63) is 17.1 Å². The monoisotopic (exact) mass is 300 g/mol. The van der Waals surface area contributed by atoms with Crippen LogP contribution in [0.1, 0.15) is 36.8 Å². The van der Waals surface area contributed by atoms with Crippen molar-refractivity contribution in [3.8, 4) is 0 Å². The Morgan fingerprint density at radius 3 is 2.50 bits per heavy atom. The first-order valence-electron chi connectivity index (χ1n) is 7.13. The predicted octanol–water partition coefficient (Wildman–Crippen LogP) is 2.04. The second-order valence-corrected chi connectivity index (χ2v) is 7.51. The average Bonchev–Trinajstić information content (AvgIpc) is 3.12. The van der Waals surface area contributed by atoms with Crippen LogP contribution in [0.3, 0.4) is 0 Å². The summed E-state index contributed by atoms with van der Waals surface area (Å²) in [5.41, 5.74) is 0.756. The van der Waals surface area contributed by atoms with Crippen LogP contribution in [0.25, 0.3) is 0 Å². The van der Waals surface area contributed by atoms with Crippen LogP contribution in [0.15, 0.2) is 9.31 Å². The standard InChI is InChI=1S/C14H24N2O3S/c1-5-15-8-13-10(2)19-11(3)14(13)20(17,18)16(4)9-12-6-7-12/h12,15H,5-9H2,1-4H3. The number of rotatable bonds is 7. The van der Waals surface area contributed by atoms with Gasteiger partial charge in [-0.15, -0.1) is 0 Å². The first-order chi connectivity index (χ1) is 9.37. The second kappa shape index (κ2) is 5.87. The van der Waals surface area contributed by atoms with E-state index in [4.69, 9.17) is 4.42 Å². The van der Waals surface area contributed by atoms with Gasteiger partial charge in [0.05, 0.1) is 0 Å². The summed E-state index contributed by atoms with van der Waals surface area (Å²) in [6, 6.07) is 0. The quantitative estimate of drug-likeness (QED) is 0.837. The Kier molecular flexibility index (Phi) is 4.56. The summed E-state index contributed by atoms with van der Waals surface area (Å²) in [4.78, 5) is 0.346. The summed E-state index contributed by atoms with van der Waals surface area (Å²) >= 11 is 0. The van der Waals surface area contributed by atoms with Crippen LogP contribution in [0, 0.1) is 19.8 Å². The van der Waals surface area contributed by atoms with Crippen LogP contribution in [-0.4, -0.2) is 32.9 Å². The molecule has 0 saturated heterocycles. The van der Waals surface area contributed by atoms with Gasteiger partial charge >= 0.3 is 0 Å². The number of aryl methyl sites for hydroxylation is 2. The molecule has 1 saturated carbocycles. The first kappa shape index (κ1) is 15.5. The van der Waals surface area contributed by atoms with Gasteiger partial charge in [0.15, 0.2) is 0 Å². The van der Waals surface area contributed by atoms with E-state index in [1.165, 1.54) is 4.31 Å². The van der Waals surface area contributed by atoms with Gasteiger partial charge in [0.25, 0.3) is 0 Å². The normalized spacial score (nSPS) is 16.1. The average molecular weight is 300 g/mol. The highest BCUT2D eigenvalue weighted by molar-refractivity contribution is 7.89. The molecular formula is C14H24N2O3S. The highest BCUT2D eigenvalue weighted by Crippen LogP contribution is 2.33. The van der Waals surface area contributed by atoms with Crippen LogP contribution in [0.2, 0.25) is 0 Å². The maximum atomic E-state index is 12.8. The molecule has 114 valence electrons. The summed E-state index contributed by atoms with van der Waals surface area (Å²) in [6.45, 7) is 7.45. The molecule has 0 radical (unpaired) electrons. The topological polar surface area (TPSA) is 62.6 Å². The summed E-state index contributed by atoms with van der Waals surface area (Å²) in [6.07, 6.45) is 2.26. The van der Waals surface area contributed by atoms with E-state index < -0.39 is 10.0 Å². The number of sulfonamides is 1. The maximum Gasteiger partial charge on any atom is 0.246 e. The molecule has 5 nitrogen and oxygen atoms in total. The molecule has 1 fully saturated rings. The van der Waals surface area contributed by atoms with Crippen LogP contribution in [0.4, 0.5) is 0 Å². The zero-order chi connectivity index (χ0) is 14.9. The number of hydrogen-bond donors (Lipinski definition) is 1. The fourth-order valence-electron chi connectivity index (χ4n) is 2.42. The first-order valence-corrected chi connectivity index (χ1v) is 8.57. The van der Waals surface area contributed by atoms with E-state index in [1.807, 2.05) is 13.8 Å². The lowest BCUT2D eigenvalue weighted by molar-refractivity contribution is 0.447. The third-order valence-corrected chi connectivity index (χ3v) is 5.78. The van der Waals surface area contributed by atoms with Gasteiger partial charge in [-0.1, -0.05) is 6.92 Å². The van der Waals surface area contributed by atoms with Gasteiger partial charge in [-0.2, -0.15) is 0 Å². The lowest BCUT2D eigenvalue weighted by Crippen LogP contribution is -2.30. The molecule has 0 amide bonds. The molecule has 1 aromatic heterocycles. The van der Waals surface area contributed by atoms with E-state index in [0.717, 1.165) is 24.9 Å². The van der Waals surface area contributed by atoms with Crippen molar-refractivity contribution in [2.45, 2.75) is 45.1 Å². The molecule has 20 heavy (non-hydrogen) atoms.